The van der Waals surface area contributed by atoms with Crippen molar-refractivity contribution in [1.82, 2.24) is 0 Å². The Morgan fingerprint density at radius 1 is 1.38 bits per heavy atom. The number of hydrogen-bond donors (Lipinski definition) is 1. The van der Waals surface area contributed by atoms with Gasteiger partial charge in [0, 0.05) is 12.2 Å². The Bertz CT molecular complexity index is 323. The van der Waals surface area contributed by atoms with Crippen molar-refractivity contribution in [3.05, 3.63) is 29.8 Å². The molecule has 88 valence electrons. The van der Waals surface area contributed by atoms with Crippen LogP contribution in [0.25, 0.3) is 0 Å². The van der Waals surface area contributed by atoms with Gasteiger partial charge in [0.25, 0.3) is 0 Å². The molecule has 3 nitrogen and oxygen atoms in total. The molecule has 0 aromatic heterocycles. The number of aliphatic hydroxyl groups excluding tert-OH is 1. The van der Waals surface area contributed by atoms with Gasteiger partial charge in [0.2, 0.25) is 0 Å². The Balaban J connectivity index is 2.14. The minimum absolute atomic E-state index is 0.112. The van der Waals surface area contributed by atoms with Crippen molar-refractivity contribution >= 4 is 5.69 Å². The quantitative estimate of drug-likeness (QED) is 0.844. The molecule has 1 fully saturated rings. The fourth-order valence-corrected chi connectivity index (χ4v) is 2.13. The van der Waals surface area contributed by atoms with E-state index in [9.17, 15) is 0 Å². The summed E-state index contributed by atoms with van der Waals surface area (Å²) >= 11 is 0. The summed E-state index contributed by atoms with van der Waals surface area (Å²) in [7, 11) is 0. The van der Waals surface area contributed by atoms with Crippen molar-refractivity contribution in [2.24, 2.45) is 0 Å². The summed E-state index contributed by atoms with van der Waals surface area (Å²) in [5.74, 6) is 0. The number of anilines is 1. The van der Waals surface area contributed by atoms with E-state index < -0.39 is 0 Å². The van der Waals surface area contributed by atoms with Gasteiger partial charge < -0.3 is 14.7 Å². The van der Waals surface area contributed by atoms with Gasteiger partial charge in [-0.3, -0.25) is 0 Å². The molecule has 2 rings (SSSR count). The number of hydrogen-bond acceptors (Lipinski definition) is 3. The van der Waals surface area contributed by atoms with Crippen molar-refractivity contribution in [2.75, 3.05) is 24.7 Å². The first-order chi connectivity index (χ1) is 7.85. The van der Waals surface area contributed by atoms with Crippen molar-refractivity contribution in [3.8, 4) is 0 Å². The minimum atomic E-state index is 0.112. The highest BCUT2D eigenvalue weighted by Crippen LogP contribution is 2.21. The molecule has 1 atom stereocenters. The number of benzene rings is 1. The third-order valence-electron chi connectivity index (χ3n) is 3.15. The van der Waals surface area contributed by atoms with Gasteiger partial charge in [-0.1, -0.05) is 19.1 Å². The molecular weight excluding hydrogens is 202 g/mol. The molecule has 1 aromatic rings. The van der Waals surface area contributed by atoms with Crippen LogP contribution >= 0.6 is 0 Å². The van der Waals surface area contributed by atoms with Crippen LogP contribution in [0.5, 0.6) is 0 Å². The Hall–Kier alpha value is -1.06. The lowest BCUT2D eigenvalue weighted by Crippen LogP contribution is -2.45. The van der Waals surface area contributed by atoms with Crippen LogP contribution in [0.1, 0.15) is 18.9 Å². The first-order valence-corrected chi connectivity index (χ1v) is 5.89. The third-order valence-corrected chi connectivity index (χ3v) is 3.15. The van der Waals surface area contributed by atoms with E-state index in [4.69, 9.17) is 9.84 Å². The van der Waals surface area contributed by atoms with E-state index in [0.717, 1.165) is 31.7 Å². The zero-order valence-corrected chi connectivity index (χ0v) is 9.72. The molecular formula is C13H19NO2. The van der Waals surface area contributed by atoms with Gasteiger partial charge >= 0.3 is 0 Å². The summed E-state index contributed by atoms with van der Waals surface area (Å²) in [5, 5.41) is 9.00. The number of morpholine rings is 1. The maximum absolute atomic E-state index is 9.00. The van der Waals surface area contributed by atoms with Gasteiger partial charge in [0.1, 0.15) is 0 Å². The van der Waals surface area contributed by atoms with Crippen molar-refractivity contribution in [1.29, 1.82) is 0 Å². The predicted molar refractivity (Wildman–Crippen MR) is 64.6 cm³/mol. The average molecular weight is 221 g/mol. The molecule has 0 spiro atoms. The summed E-state index contributed by atoms with van der Waals surface area (Å²) in [5.41, 5.74) is 2.19. The zero-order chi connectivity index (χ0) is 11.4. The lowest BCUT2D eigenvalue weighted by molar-refractivity contribution is 0.0930. The van der Waals surface area contributed by atoms with Gasteiger partial charge in [-0.15, -0.1) is 0 Å². The molecule has 0 saturated carbocycles. The van der Waals surface area contributed by atoms with E-state index in [1.165, 1.54) is 5.69 Å². The van der Waals surface area contributed by atoms with Gasteiger partial charge in [-0.25, -0.2) is 0 Å². The number of ether oxygens (including phenoxy) is 1. The molecule has 1 aliphatic rings. The van der Waals surface area contributed by atoms with Crippen LogP contribution in [-0.4, -0.2) is 30.9 Å². The second-order valence-corrected chi connectivity index (χ2v) is 4.15. The Labute approximate surface area is 96.6 Å². The second kappa shape index (κ2) is 5.32. The largest absolute Gasteiger partial charge is 0.392 e. The molecule has 0 radical (unpaired) electrons. The molecule has 0 bridgehead atoms. The normalized spacial score (nSPS) is 21.1. The summed E-state index contributed by atoms with van der Waals surface area (Å²) in [6.45, 7) is 4.88. The lowest BCUT2D eigenvalue weighted by atomic mass is 10.1. The van der Waals surface area contributed by atoms with E-state index in [1.807, 2.05) is 12.1 Å². The van der Waals surface area contributed by atoms with E-state index >= 15 is 0 Å². The highest BCUT2D eigenvalue weighted by molar-refractivity contribution is 5.49. The van der Waals surface area contributed by atoms with E-state index in [2.05, 4.69) is 24.0 Å². The second-order valence-electron chi connectivity index (χ2n) is 4.15. The van der Waals surface area contributed by atoms with Crippen LogP contribution in [-0.2, 0) is 11.3 Å². The van der Waals surface area contributed by atoms with Crippen LogP contribution in [0.2, 0.25) is 0 Å². The summed E-state index contributed by atoms with van der Waals surface area (Å²) < 4.78 is 5.49. The van der Waals surface area contributed by atoms with Crippen LogP contribution in [0.15, 0.2) is 24.3 Å². The summed E-state index contributed by atoms with van der Waals surface area (Å²) in [4.78, 5) is 2.39. The maximum atomic E-state index is 9.00. The highest BCUT2D eigenvalue weighted by Gasteiger charge is 2.21. The molecule has 0 aliphatic carbocycles. The fourth-order valence-electron chi connectivity index (χ4n) is 2.13. The molecule has 1 aliphatic heterocycles. The first kappa shape index (κ1) is 11.4. The molecule has 1 aromatic carbocycles. The Morgan fingerprint density at radius 2 is 2.12 bits per heavy atom. The first-order valence-electron chi connectivity index (χ1n) is 5.89. The smallest absolute Gasteiger partial charge is 0.0681 e. The molecule has 1 heterocycles. The third kappa shape index (κ3) is 2.36. The fraction of sp³-hybridized carbons (Fsp3) is 0.538. The molecule has 1 saturated heterocycles. The SMILES string of the molecule is CCC1COCCN1c1ccc(CO)cc1. The van der Waals surface area contributed by atoms with Gasteiger partial charge in [0.05, 0.1) is 25.9 Å². The monoisotopic (exact) mass is 221 g/mol. The summed E-state index contributed by atoms with van der Waals surface area (Å²) in [6.07, 6.45) is 1.10. The number of nitrogens with zero attached hydrogens (tertiary/aromatic N) is 1. The van der Waals surface area contributed by atoms with E-state index in [-0.39, 0.29) is 6.61 Å². The van der Waals surface area contributed by atoms with E-state index in [0.29, 0.717) is 6.04 Å². The van der Waals surface area contributed by atoms with Gasteiger partial charge in [-0.2, -0.15) is 0 Å². The highest BCUT2D eigenvalue weighted by atomic mass is 16.5. The van der Waals surface area contributed by atoms with Gasteiger partial charge in [-0.05, 0) is 24.1 Å². The maximum Gasteiger partial charge on any atom is 0.0681 e. The number of aliphatic hydroxyl groups is 1. The zero-order valence-electron chi connectivity index (χ0n) is 9.72. The van der Waals surface area contributed by atoms with E-state index in [1.54, 1.807) is 0 Å². The van der Waals surface area contributed by atoms with Crippen molar-refractivity contribution in [2.45, 2.75) is 26.0 Å². The Morgan fingerprint density at radius 3 is 2.75 bits per heavy atom. The molecule has 0 amide bonds. The standard InChI is InChI=1S/C13H19NO2/c1-2-12-10-16-8-7-14(12)13-5-3-11(9-15)4-6-13/h3-6,12,15H,2,7-10H2,1H3. The molecule has 3 heteroatoms. The van der Waals surface area contributed by atoms with Crippen molar-refractivity contribution in [3.63, 3.8) is 0 Å². The van der Waals surface area contributed by atoms with Crippen LogP contribution in [0.3, 0.4) is 0 Å². The molecule has 16 heavy (non-hydrogen) atoms. The average Bonchev–Trinajstić information content (AvgIpc) is 2.39. The molecule has 1 unspecified atom stereocenters. The molecule has 1 N–H and O–H groups in total. The van der Waals surface area contributed by atoms with Crippen LogP contribution in [0, 0.1) is 0 Å². The lowest BCUT2D eigenvalue weighted by Gasteiger charge is -2.37. The Kier molecular flexibility index (Phi) is 3.80. The summed E-state index contributed by atoms with van der Waals surface area (Å²) in [6, 6.07) is 8.61. The van der Waals surface area contributed by atoms with Crippen molar-refractivity contribution < 1.29 is 9.84 Å². The predicted octanol–water partition coefficient (Wildman–Crippen LogP) is 1.79. The van der Waals surface area contributed by atoms with Crippen LogP contribution in [0.4, 0.5) is 5.69 Å². The topological polar surface area (TPSA) is 32.7 Å². The number of rotatable bonds is 3. The minimum Gasteiger partial charge on any atom is -0.392 e. The van der Waals surface area contributed by atoms with Gasteiger partial charge in [0.15, 0.2) is 0 Å². The van der Waals surface area contributed by atoms with Crippen LogP contribution < -0.4 is 4.90 Å².